The number of halogens is 2. The van der Waals surface area contributed by atoms with E-state index in [4.69, 9.17) is 23.2 Å². The average Bonchev–Trinajstić information content (AvgIpc) is 2.33. The van der Waals surface area contributed by atoms with E-state index in [1.807, 2.05) is 0 Å². The zero-order valence-corrected chi connectivity index (χ0v) is 12.6. The molecule has 2 rings (SSSR count). The molecule has 1 aliphatic heterocycles. The summed E-state index contributed by atoms with van der Waals surface area (Å²) < 4.78 is 22.9. The van der Waals surface area contributed by atoms with Gasteiger partial charge in [0.1, 0.15) is 11.3 Å². The van der Waals surface area contributed by atoms with Crippen LogP contribution in [0.3, 0.4) is 0 Å². The van der Waals surface area contributed by atoms with Crippen molar-refractivity contribution in [1.29, 1.82) is 0 Å². The summed E-state index contributed by atoms with van der Waals surface area (Å²) >= 11 is 11.5. The fourth-order valence-corrected chi connectivity index (χ4v) is 3.56. The molecule has 0 spiro atoms. The standard InChI is InChI=1S/C10H12Cl2N4O3S/c11-8-9(12)14-5-15-10(8)16-7(17)3-6-4-20(18,19)2-1-13-6/h5-6,13H,1-4H2,(H,14,15,16,17). The number of hydrogen-bond donors (Lipinski definition) is 2. The highest BCUT2D eigenvalue weighted by atomic mass is 35.5. The van der Waals surface area contributed by atoms with Crippen LogP contribution >= 0.6 is 23.2 Å². The van der Waals surface area contributed by atoms with E-state index in [1.165, 1.54) is 6.33 Å². The maximum absolute atomic E-state index is 11.8. The van der Waals surface area contributed by atoms with Gasteiger partial charge in [0.15, 0.2) is 20.8 Å². The molecule has 0 aromatic carbocycles. The first-order chi connectivity index (χ1) is 9.37. The van der Waals surface area contributed by atoms with Gasteiger partial charge in [-0.25, -0.2) is 18.4 Å². The summed E-state index contributed by atoms with van der Waals surface area (Å²) in [5.41, 5.74) is 0. The molecule has 0 aliphatic carbocycles. The van der Waals surface area contributed by atoms with Crippen molar-refractivity contribution in [2.75, 3.05) is 23.4 Å². The van der Waals surface area contributed by atoms with Crippen LogP contribution in [0.1, 0.15) is 6.42 Å². The molecule has 110 valence electrons. The van der Waals surface area contributed by atoms with Crippen LogP contribution in [0.15, 0.2) is 6.33 Å². The number of nitrogens with one attached hydrogen (secondary N) is 2. The first-order valence-electron chi connectivity index (χ1n) is 5.77. The van der Waals surface area contributed by atoms with E-state index in [0.717, 1.165) is 0 Å². The zero-order chi connectivity index (χ0) is 14.8. The van der Waals surface area contributed by atoms with Gasteiger partial charge in [0, 0.05) is 19.0 Å². The molecule has 1 unspecified atom stereocenters. The molecular formula is C10H12Cl2N4O3S. The number of nitrogens with zero attached hydrogens (tertiary/aromatic N) is 2. The smallest absolute Gasteiger partial charge is 0.227 e. The Hall–Kier alpha value is -0.960. The van der Waals surface area contributed by atoms with Crippen LogP contribution in [0.4, 0.5) is 5.82 Å². The Labute approximate surface area is 126 Å². The molecule has 20 heavy (non-hydrogen) atoms. The minimum Gasteiger partial charge on any atom is -0.311 e. The lowest BCUT2D eigenvalue weighted by Crippen LogP contribution is -2.46. The molecule has 1 amide bonds. The quantitative estimate of drug-likeness (QED) is 0.778. The molecular weight excluding hydrogens is 327 g/mol. The summed E-state index contributed by atoms with van der Waals surface area (Å²) in [6.45, 7) is 0.348. The largest absolute Gasteiger partial charge is 0.311 e. The number of anilines is 1. The molecule has 10 heteroatoms. The van der Waals surface area contributed by atoms with Crippen LogP contribution in [0.25, 0.3) is 0 Å². The number of sulfone groups is 1. The molecule has 7 nitrogen and oxygen atoms in total. The highest BCUT2D eigenvalue weighted by Crippen LogP contribution is 2.25. The summed E-state index contributed by atoms with van der Waals surface area (Å²) in [6, 6.07) is -0.412. The second kappa shape index (κ2) is 6.21. The Morgan fingerprint density at radius 1 is 1.45 bits per heavy atom. The third-order valence-electron chi connectivity index (χ3n) is 2.74. The molecule has 0 radical (unpaired) electrons. The Balaban J connectivity index is 1.97. The van der Waals surface area contributed by atoms with E-state index in [1.54, 1.807) is 0 Å². The minimum absolute atomic E-state index is 0.0111. The molecule has 1 aromatic heterocycles. The Bertz CT molecular complexity index is 623. The Morgan fingerprint density at radius 2 is 2.20 bits per heavy atom. The van der Waals surface area contributed by atoms with Gasteiger partial charge in [-0.2, -0.15) is 0 Å². The first-order valence-corrected chi connectivity index (χ1v) is 8.35. The molecule has 1 aliphatic rings. The Morgan fingerprint density at radius 3 is 2.90 bits per heavy atom. The molecule has 1 saturated heterocycles. The molecule has 1 atom stereocenters. The summed E-state index contributed by atoms with van der Waals surface area (Å²) in [6.07, 6.45) is 1.18. The third kappa shape index (κ3) is 4.02. The predicted molar refractivity (Wildman–Crippen MR) is 75.7 cm³/mol. The highest BCUT2D eigenvalue weighted by molar-refractivity contribution is 7.91. The van der Waals surface area contributed by atoms with Crippen molar-refractivity contribution in [2.45, 2.75) is 12.5 Å². The first kappa shape index (κ1) is 15.4. The lowest BCUT2D eigenvalue weighted by atomic mass is 10.2. The molecule has 2 heterocycles. The predicted octanol–water partition coefficient (Wildman–Crippen LogP) is 0.499. The van der Waals surface area contributed by atoms with E-state index < -0.39 is 21.8 Å². The molecule has 1 aromatic rings. The SMILES string of the molecule is O=C(CC1CS(=O)(=O)CCN1)Nc1ncnc(Cl)c1Cl. The van der Waals surface area contributed by atoms with Crippen molar-refractivity contribution in [3.05, 3.63) is 16.5 Å². The fourth-order valence-electron chi connectivity index (χ4n) is 1.84. The molecule has 0 saturated carbocycles. The second-order valence-corrected chi connectivity index (χ2v) is 7.31. The van der Waals surface area contributed by atoms with Crippen molar-refractivity contribution < 1.29 is 13.2 Å². The van der Waals surface area contributed by atoms with Gasteiger partial charge >= 0.3 is 0 Å². The van der Waals surface area contributed by atoms with Crippen LogP contribution in [0.5, 0.6) is 0 Å². The second-order valence-electron chi connectivity index (χ2n) is 4.34. The monoisotopic (exact) mass is 338 g/mol. The minimum atomic E-state index is -3.08. The number of aromatic nitrogens is 2. The number of amides is 1. The lowest BCUT2D eigenvalue weighted by Gasteiger charge is -2.23. The fraction of sp³-hybridized carbons (Fsp3) is 0.500. The summed E-state index contributed by atoms with van der Waals surface area (Å²) in [5, 5.41) is 5.56. The summed E-state index contributed by atoms with van der Waals surface area (Å²) in [4.78, 5) is 19.3. The molecule has 0 bridgehead atoms. The van der Waals surface area contributed by atoms with E-state index in [2.05, 4.69) is 20.6 Å². The van der Waals surface area contributed by atoms with Gasteiger partial charge in [-0.1, -0.05) is 23.2 Å². The highest BCUT2D eigenvalue weighted by Gasteiger charge is 2.26. The summed E-state index contributed by atoms with van der Waals surface area (Å²) in [5.74, 6) is -0.247. The zero-order valence-electron chi connectivity index (χ0n) is 10.3. The van der Waals surface area contributed by atoms with Gasteiger partial charge in [-0.3, -0.25) is 4.79 Å². The van der Waals surface area contributed by atoms with Crippen molar-refractivity contribution in [3.63, 3.8) is 0 Å². The van der Waals surface area contributed by atoms with Gasteiger partial charge in [0.05, 0.1) is 11.5 Å². The van der Waals surface area contributed by atoms with Gasteiger partial charge < -0.3 is 10.6 Å². The van der Waals surface area contributed by atoms with Crippen LogP contribution in [0, 0.1) is 0 Å². The van der Waals surface area contributed by atoms with Crippen molar-refractivity contribution in [2.24, 2.45) is 0 Å². The molecule has 1 fully saturated rings. The van der Waals surface area contributed by atoms with E-state index >= 15 is 0 Å². The maximum atomic E-state index is 11.8. The van der Waals surface area contributed by atoms with Crippen molar-refractivity contribution in [1.82, 2.24) is 15.3 Å². The van der Waals surface area contributed by atoms with Gasteiger partial charge in [-0.05, 0) is 0 Å². The maximum Gasteiger partial charge on any atom is 0.227 e. The van der Waals surface area contributed by atoms with Gasteiger partial charge in [0.25, 0.3) is 0 Å². The van der Waals surface area contributed by atoms with Crippen molar-refractivity contribution >= 4 is 44.8 Å². The van der Waals surface area contributed by atoms with Crippen LogP contribution in [0.2, 0.25) is 10.2 Å². The topological polar surface area (TPSA) is 101 Å². The van der Waals surface area contributed by atoms with Gasteiger partial charge in [0.2, 0.25) is 5.91 Å². The molecule has 2 N–H and O–H groups in total. The van der Waals surface area contributed by atoms with E-state index in [-0.39, 0.29) is 33.9 Å². The number of carbonyl (C=O) groups is 1. The average molecular weight is 339 g/mol. The van der Waals surface area contributed by atoms with Crippen LogP contribution < -0.4 is 10.6 Å². The number of rotatable bonds is 3. The van der Waals surface area contributed by atoms with Gasteiger partial charge in [-0.15, -0.1) is 0 Å². The summed E-state index contributed by atoms with van der Waals surface area (Å²) in [7, 11) is -3.08. The van der Waals surface area contributed by atoms with E-state index in [9.17, 15) is 13.2 Å². The number of carbonyl (C=O) groups excluding carboxylic acids is 1. The Kier molecular flexibility index (Phi) is 4.79. The van der Waals surface area contributed by atoms with E-state index in [0.29, 0.717) is 6.54 Å². The van der Waals surface area contributed by atoms with Crippen LogP contribution in [-0.4, -0.2) is 48.4 Å². The lowest BCUT2D eigenvalue weighted by molar-refractivity contribution is -0.116. The normalized spacial score (nSPS) is 21.4. The third-order valence-corrected chi connectivity index (χ3v) is 5.22. The number of hydrogen-bond acceptors (Lipinski definition) is 6. The van der Waals surface area contributed by atoms with Crippen LogP contribution in [-0.2, 0) is 14.6 Å². The van der Waals surface area contributed by atoms with Crippen molar-refractivity contribution in [3.8, 4) is 0 Å².